The number of hydrogen-bond acceptors (Lipinski definition) is 4. The van der Waals surface area contributed by atoms with E-state index < -0.39 is 6.04 Å². The minimum Gasteiger partial charge on any atom is -0.354 e. The molecule has 0 spiro atoms. The summed E-state index contributed by atoms with van der Waals surface area (Å²) in [6, 6.07) is 7.19. The van der Waals surface area contributed by atoms with Gasteiger partial charge in [0, 0.05) is 17.8 Å². The highest BCUT2D eigenvalue weighted by Crippen LogP contribution is 2.27. The number of amides is 1. The largest absolute Gasteiger partial charge is 0.354 e. The predicted molar refractivity (Wildman–Crippen MR) is 105 cm³/mol. The van der Waals surface area contributed by atoms with Crippen LogP contribution >= 0.6 is 23.7 Å². The number of carbonyl (C=O) groups excluding carboxylic acids is 1. The number of fused-ring (bicyclic) bond motifs is 1. The second-order valence-electron chi connectivity index (χ2n) is 6.47. The summed E-state index contributed by atoms with van der Waals surface area (Å²) < 4.78 is 0. The lowest BCUT2D eigenvalue weighted by atomic mass is 10.0. The van der Waals surface area contributed by atoms with Crippen LogP contribution in [0.2, 0.25) is 0 Å². The van der Waals surface area contributed by atoms with Gasteiger partial charge < -0.3 is 11.1 Å². The zero-order valence-electron chi connectivity index (χ0n) is 14.6. The van der Waals surface area contributed by atoms with Crippen LogP contribution in [-0.4, -0.2) is 17.4 Å². The van der Waals surface area contributed by atoms with Gasteiger partial charge in [0.05, 0.1) is 10.7 Å². The van der Waals surface area contributed by atoms with Crippen LogP contribution in [0.1, 0.15) is 52.0 Å². The lowest BCUT2D eigenvalue weighted by Crippen LogP contribution is -2.34. The van der Waals surface area contributed by atoms with Crippen molar-refractivity contribution in [1.29, 1.82) is 0 Å². The SMILES string of the molecule is Cc1ccc(C(N)C(=O)NCCCc2nc3c(s2)CCCC3)cc1.Cl. The summed E-state index contributed by atoms with van der Waals surface area (Å²) >= 11 is 1.85. The Hall–Kier alpha value is -1.43. The molecule has 0 radical (unpaired) electrons. The van der Waals surface area contributed by atoms with E-state index >= 15 is 0 Å². The maximum atomic E-state index is 12.1. The molecule has 1 heterocycles. The second kappa shape index (κ2) is 9.32. The molecular formula is C19H26ClN3OS. The fourth-order valence-electron chi connectivity index (χ4n) is 3.00. The molecule has 136 valence electrons. The Bertz CT molecular complexity index is 676. The average molecular weight is 380 g/mol. The highest BCUT2D eigenvalue weighted by Gasteiger charge is 2.16. The van der Waals surface area contributed by atoms with Gasteiger partial charge in [-0.2, -0.15) is 0 Å². The molecule has 0 saturated carbocycles. The van der Waals surface area contributed by atoms with E-state index in [-0.39, 0.29) is 18.3 Å². The van der Waals surface area contributed by atoms with Crippen LogP contribution in [0.4, 0.5) is 0 Å². The molecule has 25 heavy (non-hydrogen) atoms. The smallest absolute Gasteiger partial charge is 0.241 e. The molecule has 1 amide bonds. The molecule has 4 nitrogen and oxygen atoms in total. The summed E-state index contributed by atoms with van der Waals surface area (Å²) in [4.78, 5) is 18.4. The van der Waals surface area contributed by atoms with Crippen molar-refractivity contribution in [3.63, 3.8) is 0 Å². The highest BCUT2D eigenvalue weighted by molar-refractivity contribution is 7.11. The average Bonchev–Trinajstić information content (AvgIpc) is 3.01. The van der Waals surface area contributed by atoms with Gasteiger partial charge in [-0.3, -0.25) is 4.79 Å². The number of rotatable bonds is 6. The number of nitrogens with two attached hydrogens (primary N) is 1. The molecule has 6 heteroatoms. The normalized spacial score (nSPS) is 14.3. The van der Waals surface area contributed by atoms with E-state index in [0.717, 1.165) is 30.4 Å². The van der Waals surface area contributed by atoms with Gasteiger partial charge in [-0.15, -0.1) is 23.7 Å². The Morgan fingerprint density at radius 2 is 2.00 bits per heavy atom. The van der Waals surface area contributed by atoms with E-state index in [2.05, 4.69) is 5.32 Å². The van der Waals surface area contributed by atoms with E-state index in [4.69, 9.17) is 10.7 Å². The van der Waals surface area contributed by atoms with Crippen LogP contribution in [0.3, 0.4) is 0 Å². The first-order valence-corrected chi connectivity index (χ1v) is 9.52. The van der Waals surface area contributed by atoms with E-state index in [1.807, 2.05) is 42.5 Å². The zero-order chi connectivity index (χ0) is 16.9. The molecule has 1 aromatic carbocycles. The number of benzene rings is 1. The van der Waals surface area contributed by atoms with Gasteiger partial charge in [-0.25, -0.2) is 4.98 Å². The molecular weight excluding hydrogens is 354 g/mol. The van der Waals surface area contributed by atoms with Crippen LogP contribution in [-0.2, 0) is 24.1 Å². The number of thiazole rings is 1. The van der Waals surface area contributed by atoms with Crippen molar-refractivity contribution in [1.82, 2.24) is 10.3 Å². The first kappa shape index (κ1) is 19.9. The van der Waals surface area contributed by atoms with E-state index in [9.17, 15) is 4.79 Å². The van der Waals surface area contributed by atoms with Crippen molar-refractivity contribution in [3.8, 4) is 0 Å². The number of nitrogens with zero attached hydrogens (tertiary/aromatic N) is 1. The summed E-state index contributed by atoms with van der Waals surface area (Å²) in [6.45, 7) is 2.66. The molecule has 1 atom stereocenters. The number of nitrogens with one attached hydrogen (secondary N) is 1. The molecule has 0 fully saturated rings. The first-order chi connectivity index (χ1) is 11.6. The predicted octanol–water partition coefficient (Wildman–Crippen LogP) is 3.50. The van der Waals surface area contributed by atoms with Crippen molar-refractivity contribution in [3.05, 3.63) is 51.0 Å². The van der Waals surface area contributed by atoms with Crippen molar-refractivity contribution in [2.24, 2.45) is 5.73 Å². The number of carbonyl (C=O) groups is 1. The minimum absolute atomic E-state index is 0. The second-order valence-corrected chi connectivity index (χ2v) is 7.64. The Labute approximate surface area is 159 Å². The fraction of sp³-hybridized carbons (Fsp3) is 0.474. The van der Waals surface area contributed by atoms with Crippen LogP contribution in [0.25, 0.3) is 0 Å². The molecule has 3 N–H and O–H groups in total. The fourth-order valence-corrected chi connectivity index (χ4v) is 4.20. The third-order valence-electron chi connectivity index (χ3n) is 4.48. The van der Waals surface area contributed by atoms with Crippen molar-refractivity contribution in [2.45, 2.75) is 51.5 Å². The molecule has 1 aliphatic carbocycles. The van der Waals surface area contributed by atoms with Crippen molar-refractivity contribution < 1.29 is 4.79 Å². The summed E-state index contributed by atoms with van der Waals surface area (Å²) in [5.74, 6) is -0.114. The third-order valence-corrected chi connectivity index (χ3v) is 5.69. The first-order valence-electron chi connectivity index (χ1n) is 8.71. The third kappa shape index (κ3) is 5.27. The topological polar surface area (TPSA) is 68.0 Å². The lowest BCUT2D eigenvalue weighted by Gasteiger charge is -2.12. The minimum atomic E-state index is -0.599. The van der Waals surface area contributed by atoms with Gasteiger partial charge in [0.1, 0.15) is 6.04 Å². The molecule has 0 saturated heterocycles. The van der Waals surface area contributed by atoms with E-state index in [1.54, 1.807) is 0 Å². The van der Waals surface area contributed by atoms with Crippen LogP contribution in [0.5, 0.6) is 0 Å². The lowest BCUT2D eigenvalue weighted by molar-refractivity contribution is -0.122. The molecule has 1 unspecified atom stereocenters. The Balaban J connectivity index is 0.00000225. The quantitative estimate of drug-likeness (QED) is 0.755. The maximum absolute atomic E-state index is 12.1. The Morgan fingerprint density at radius 1 is 1.28 bits per heavy atom. The summed E-state index contributed by atoms with van der Waals surface area (Å²) in [7, 11) is 0. The van der Waals surface area contributed by atoms with Gasteiger partial charge in [-0.05, 0) is 44.6 Å². The molecule has 1 aliphatic rings. The van der Waals surface area contributed by atoms with Crippen LogP contribution in [0, 0.1) is 6.92 Å². The van der Waals surface area contributed by atoms with E-state index in [1.165, 1.54) is 34.8 Å². The molecule has 0 aliphatic heterocycles. The molecule has 2 aromatic rings. The summed E-state index contributed by atoms with van der Waals surface area (Å²) in [6.07, 6.45) is 6.71. The summed E-state index contributed by atoms with van der Waals surface area (Å²) in [5, 5.41) is 4.15. The van der Waals surface area contributed by atoms with Gasteiger partial charge in [0.15, 0.2) is 0 Å². The summed E-state index contributed by atoms with van der Waals surface area (Å²) in [5.41, 5.74) is 9.35. The number of halogens is 1. The number of hydrogen-bond donors (Lipinski definition) is 2. The maximum Gasteiger partial charge on any atom is 0.241 e. The Morgan fingerprint density at radius 3 is 2.72 bits per heavy atom. The number of aryl methyl sites for hydroxylation is 4. The van der Waals surface area contributed by atoms with Crippen molar-refractivity contribution >= 4 is 29.7 Å². The zero-order valence-corrected chi connectivity index (χ0v) is 16.2. The van der Waals surface area contributed by atoms with Crippen LogP contribution < -0.4 is 11.1 Å². The van der Waals surface area contributed by atoms with E-state index in [0.29, 0.717) is 6.54 Å². The Kier molecular flexibility index (Phi) is 7.41. The van der Waals surface area contributed by atoms with Gasteiger partial charge in [0.2, 0.25) is 5.91 Å². The highest BCUT2D eigenvalue weighted by atomic mass is 35.5. The molecule has 1 aromatic heterocycles. The van der Waals surface area contributed by atoms with Crippen LogP contribution in [0.15, 0.2) is 24.3 Å². The van der Waals surface area contributed by atoms with Gasteiger partial charge in [0.25, 0.3) is 0 Å². The molecule has 0 bridgehead atoms. The van der Waals surface area contributed by atoms with Gasteiger partial charge >= 0.3 is 0 Å². The monoisotopic (exact) mass is 379 g/mol. The van der Waals surface area contributed by atoms with Crippen molar-refractivity contribution in [2.75, 3.05) is 6.54 Å². The molecule has 3 rings (SSSR count). The number of aromatic nitrogens is 1. The standard InChI is InChI=1S/C19H25N3OS.ClH/c1-13-8-10-14(11-9-13)18(20)19(23)21-12-4-7-17-22-15-5-2-3-6-16(15)24-17;/h8-11,18H,2-7,12,20H2,1H3,(H,21,23);1H. The van der Waals surface area contributed by atoms with Gasteiger partial charge in [-0.1, -0.05) is 29.8 Å².